The SMILES string of the molecule is O=C(O)CCC1CCCCN1CC(Cl)=CCl. The number of piperidine rings is 1. The van der Waals surface area contributed by atoms with Gasteiger partial charge in [0.2, 0.25) is 0 Å². The van der Waals surface area contributed by atoms with E-state index in [-0.39, 0.29) is 6.42 Å². The van der Waals surface area contributed by atoms with Crippen LogP contribution in [-0.4, -0.2) is 35.1 Å². The number of rotatable bonds is 5. The van der Waals surface area contributed by atoms with Gasteiger partial charge in [-0.15, -0.1) is 0 Å². The minimum atomic E-state index is -0.732. The first-order valence-electron chi connectivity index (χ1n) is 5.54. The Bertz CT molecular complexity index is 269. The lowest BCUT2D eigenvalue weighted by molar-refractivity contribution is -0.137. The van der Waals surface area contributed by atoms with E-state index in [2.05, 4.69) is 4.90 Å². The summed E-state index contributed by atoms with van der Waals surface area (Å²) in [6.45, 7) is 1.61. The molecule has 1 atom stereocenters. The number of aliphatic carboxylic acids is 1. The fourth-order valence-electron chi connectivity index (χ4n) is 2.11. The van der Waals surface area contributed by atoms with Crippen molar-refractivity contribution in [2.45, 2.75) is 38.1 Å². The smallest absolute Gasteiger partial charge is 0.303 e. The van der Waals surface area contributed by atoms with Gasteiger partial charge in [0.25, 0.3) is 0 Å². The van der Waals surface area contributed by atoms with E-state index in [0.717, 1.165) is 19.4 Å². The highest BCUT2D eigenvalue weighted by Gasteiger charge is 2.23. The minimum absolute atomic E-state index is 0.226. The van der Waals surface area contributed by atoms with Crippen molar-refractivity contribution in [3.05, 3.63) is 10.6 Å². The molecule has 3 nitrogen and oxygen atoms in total. The Morgan fingerprint density at radius 2 is 2.25 bits per heavy atom. The van der Waals surface area contributed by atoms with E-state index in [1.54, 1.807) is 0 Å². The van der Waals surface area contributed by atoms with Crippen molar-refractivity contribution in [2.75, 3.05) is 13.1 Å². The maximum Gasteiger partial charge on any atom is 0.303 e. The maximum absolute atomic E-state index is 10.5. The molecule has 1 saturated heterocycles. The number of carbonyl (C=O) groups is 1. The topological polar surface area (TPSA) is 40.5 Å². The molecule has 0 aromatic rings. The Morgan fingerprint density at radius 3 is 2.88 bits per heavy atom. The molecule has 5 heteroatoms. The van der Waals surface area contributed by atoms with E-state index in [1.807, 2.05) is 0 Å². The number of likely N-dealkylation sites (tertiary alicyclic amines) is 1. The lowest BCUT2D eigenvalue weighted by atomic mass is 9.98. The van der Waals surface area contributed by atoms with E-state index < -0.39 is 5.97 Å². The Kier molecular flexibility index (Phi) is 6.17. The monoisotopic (exact) mass is 265 g/mol. The molecule has 1 aliphatic heterocycles. The zero-order valence-corrected chi connectivity index (χ0v) is 10.7. The van der Waals surface area contributed by atoms with Crippen LogP contribution in [0.3, 0.4) is 0 Å². The summed E-state index contributed by atoms with van der Waals surface area (Å²) in [6.07, 6.45) is 4.30. The molecular weight excluding hydrogens is 249 g/mol. The van der Waals surface area contributed by atoms with E-state index in [1.165, 1.54) is 12.0 Å². The first-order chi connectivity index (χ1) is 7.63. The van der Waals surface area contributed by atoms with Gasteiger partial charge in [-0.2, -0.15) is 0 Å². The second-order valence-corrected chi connectivity index (χ2v) is 4.81. The molecule has 0 radical (unpaired) electrons. The lowest BCUT2D eigenvalue weighted by Gasteiger charge is -2.35. The van der Waals surface area contributed by atoms with Gasteiger partial charge in [-0.3, -0.25) is 9.69 Å². The molecule has 1 unspecified atom stereocenters. The highest BCUT2D eigenvalue weighted by molar-refractivity contribution is 6.36. The third kappa shape index (κ3) is 4.73. The molecule has 1 fully saturated rings. The largest absolute Gasteiger partial charge is 0.481 e. The van der Waals surface area contributed by atoms with Crippen LogP contribution in [0.2, 0.25) is 0 Å². The second-order valence-electron chi connectivity index (χ2n) is 4.11. The van der Waals surface area contributed by atoms with Crippen LogP contribution in [0.25, 0.3) is 0 Å². The van der Waals surface area contributed by atoms with Crippen molar-refractivity contribution in [1.29, 1.82) is 0 Å². The average molecular weight is 266 g/mol. The van der Waals surface area contributed by atoms with Gasteiger partial charge < -0.3 is 5.11 Å². The van der Waals surface area contributed by atoms with Gasteiger partial charge in [0.05, 0.1) is 0 Å². The van der Waals surface area contributed by atoms with Gasteiger partial charge in [0.1, 0.15) is 0 Å². The van der Waals surface area contributed by atoms with Crippen molar-refractivity contribution in [3.63, 3.8) is 0 Å². The number of hydrogen-bond acceptors (Lipinski definition) is 2. The first-order valence-corrected chi connectivity index (χ1v) is 6.35. The zero-order chi connectivity index (χ0) is 12.0. The van der Waals surface area contributed by atoms with Crippen molar-refractivity contribution >= 4 is 29.2 Å². The molecule has 16 heavy (non-hydrogen) atoms. The molecule has 0 saturated carbocycles. The van der Waals surface area contributed by atoms with Crippen molar-refractivity contribution in [3.8, 4) is 0 Å². The highest BCUT2D eigenvalue weighted by Crippen LogP contribution is 2.22. The Labute approximate surface area is 106 Å². The molecular formula is C11H17Cl2NO2. The maximum atomic E-state index is 10.5. The number of hydrogen-bond donors (Lipinski definition) is 1. The van der Waals surface area contributed by atoms with Crippen LogP contribution in [0.1, 0.15) is 32.1 Å². The van der Waals surface area contributed by atoms with Crippen LogP contribution in [0.15, 0.2) is 10.6 Å². The normalized spacial score (nSPS) is 23.4. The number of nitrogens with zero attached hydrogens (tertiary/aromatic N) is 1. The summed E-state index contributed by atoms with van der Waals surface area (Å²) in [5.41, 5.74) is 1.38. The quantitative estimate of drug-likeness (QED) is 0.831. The van der Waals surface area contributed by atoms with E-state index in [0.29, 0.717) is 24.0 Å². The summed E-state index contributed by atoms with van der Waals surface area (Å²) in [7, 11) is 0. The van der Waals surface area contributed by atoms with Crippen molar-refractivity contribution in [2.24, 2.45) is 0 Å². The molecule has 0 aliphatic carbocycles. The van der Waals surface area contributed by atoms with Gasteiger partial charge in [0.15, 0.2) is 0 Å². The van der Waals surface area contributed by atoms with Crippen molar-refractivity contribution in [1.82, 2.24) is 4.90 Å². The molecule has 0 aromatic carbocycles. The van der Waals surface area contributed by atoms with Crippen LogP contribution in [0, 0.1) is 0 Å². The van der Waals surface area contributed by atoms with Gasteiger partial charge >= 0.3 is 5.97 Å². The minimum Gasteiger partial charge on any atom is -0.481 e. The molecule has 0 aromatic heterocycles. The van der Waals surface area contributed by atoms with Gasteiger partial charge in [0, 0.05) is 29.6 Å². The summed E-state index contributed by atoms with van der Waals surface area (Å²) in [5.74, 6) is -0.732. The standard InChI is InChI=1S/C11H17Cl2NO2/c12-7-9(13)8-14-6-2-1-3-10(14)4-5-11(15)16/h7,10H,1-6,8H2,(H,15,16). The summed E-state index contributed by atoms with van der Waals surface area (Å²) in [4.78, 5) is 12.8. The number of halogens is 2. The molecule has 92 valence electrons. The summed E-state index contributed by atoms with van der Waals surface area (Å²) in [5, 5.41) is 9.30. The molecule has 0 amide bonds. The molecule has 1 heterocycles. The van der Waals surface area contributed by atoms with Crippen molar-refractivity contribution < 1.29 is 9.90 Å². The van der Waals surface area contributed by atoms with Gasteiger partial charge in [-0.25, -0.2) is 0 Å². The summed E-state index contributed by atoms with van der Waals surface area (Å²) >= 11 is 11.4. The van der Waals surface area contributed by atoms with E-state index in [9.17, 15) is 4.79 Å². The molecule has 1 aliphatic rings. The Balaban J connectivity index is 2.46. The third-order valence-electron chi connectivity index (χ3n) is 2.91. The van der Waals surface area contributed by atoms with Crippen LogP contribution in [0.5, 0.6) is 0 Å². The first kappa shape index (κ1) is 13.8. The fraction of sp³-hybridized carbons (Fsp3) is 0.727. The second kappa shape index (κ2) is 7.15. The van der Waals surface area contributed by atoms with Crippen LogP contribution < -0.4 is 0 Å². The van der Waals surface area contributed by atoms with E-state index in [4.69, 9.17) is 28.3 Å². The zero-order valence-electron chi connectivity index (χ0n) is 9.16. The number of carboxylic acids is 1. The molecule has 0 spiro atoms. The predicted molar refractivity (Wildman–Crippen MR) is 65.9 cm³/mol. The molecule has 1 rings (SSSR count). The average Bonchev–Trinajstić information content (AvgIpc) is 2.27. The molecule has 0 bridgehead atoms. The predicted octanol–water partition coefficient (Wildman–Crippen LogP) is 3.02. The highest BCUT2D eigenvalue weighted by atomic mass is 35.5. The van der Waals surface area contributed by atoms with Crippen LogP contribution in [-0.2, 0) is 4.79 Å². The lowest BCUT2D eigenvalue weighted by Crippen LogP contribution is -2.40. The van der Waals surface area contributed by atoms with Gasteiger partial charge in [-0.05, 0) is 25.8 Å². The fourth-order valence-corrected chi connectivity index (χ4v) is 2.34. The summed E-state index contributed by atoms with van der Waals surface area (Å²) < 4.78 is 0. The third-order valence-corrected chi connectivity index (χ3v) is 3.52. The molecule has 1 N–H and O–H groups in total. The van der Waals surface area contributed by atoms with Crippen LogP contribution in [0.4, 0.5) is 0 Å². The summed E-state index contributed by atoms with van der Waals surface area (Å²) in [6, 6.07) is 0.329. The van der Waals surface area contributed by atoms with Gasteiger partial charge in [-0.1, -0.05) is 29.6 Å². The van der Waals surface area contributed by atoms with Crippen LogP contribution >= 0.6 is 23.2 Å². The Morgan fingerprint density at radius 1 is 1.50 bits per heavy atom. The number of carboxylic acid groups (broad SMARTS) is 1. The van der Waals surface area contributed by atoms with E-state index >= 15 is 0 Å². The Hall–Kier alpha value is -0.250.